The summed E-state index contributed by atoms with van der Waals surface area (Å²) >= 11 is 0. The first kappa shape index (κ1) is 14.9. The van der Waals surface area contributed by atoms with Gasteiger partial charge >= 0.3 is 6.18 Å². The molecule has 0 bridgehead atoms. The van der Waals surface area contributed by atoms with Crippen LogP contribution in [-0.2, 0) is 16.2 Å². The van der Waals surface area contributed by atoms with Crippen LogP contribution < -0.4 is 4.72 Å². The first-order valence-corrected chi connectivity index (χ1v) is 7.42. The lowest BCUT2D eigenvalue weighted by molar-refractivity contribution is -0.137. The summed E-state index contributed by atoms with van der Waals surface area (Å²) in [5.41, 5.74) is -0.860. The van der Waals surface area contributed by atoms with Crippen LogP contribution in [0, 0.1) is 0 Å². The molecule has 1 aromatic carbocycles. The van der Waals surface area contributed by atoms with Crippen molar-refractivity contribution in [3.05, 3.63) is 30.0 Å². The number of rotatable bonds is 4. The fourth-order valence-electron chi connectivity index (χ4n) is 1.83. The largest absolute Gasteiger partial charge is 0.416 e. The van der Waals surface area contributed by atoms with Gasteiger partial charge in [-0.15, -0.1) is 0 Å². The Morgan fingerprint density at radius 2 is 2.00 bits per heavy atom. The summed E-state index contributed by atoms with van der Waals surface area (Å²) in [6, 6.07) is 3.00. The minimum absolute atomic E-state index is 0.136. The summed E-state index contributed by atoms with van der Waals surface area (Å²) in [6.07, 6.45) is -2.65. The summed E-state index contributed by atoms with van der Waals surface area (Å²) < 4.78 is 64.9. The SMILES string of the molecule is CCCNS(=O)(=O)c1cc(C(F)(F)F)cc2[nH]ccc12. The molecule has 0 amide bonds. The van der Waals surface area contributed by atoms with Crippen molar-refractivity contribution in [2.45, 2.75) is 24.4 Å². The van der Waals surface area contributed by atoms with Crippen molar-refractivity contribution < 1.29 is 21.6 Å². The van der Waals surface area contributed by atoms with Crippen molar-refractivity contribution in [2.75, 3.05) is 6.54 Å². The smallest absolute Gasteiger partial charge is 0.361 e. The molecule has 4 nitrogen and oxygen atoms in total. The first-order valence-electron chi connectivity index (χ1n) is 5.93. The minimum Gasteiger partial charge on any atom is -0.361 e. The lowest BCUT2D eigenvalue weighted by Crippen LogP contribution is -2.25. The van der Waals surface area contributed by atoms with Gasteiger partial charge in [0.25, 0.3) is 0 Å². The van der Waals surface area contributed by atoms with E-state index in [1.807, 2.05) is 0 Å². The van der Waals surface area contributed by atoms with Crippen molar-refractivity contribution in [3.63, 3.8) is 0 Å². The molecule has 1 aromatic heterocycles. The van der Waals surface area contributed by atoms with Crippen LogP contribution in [0.2, 0.25) is 0 Å². The van der Waals surface area contributed by atoms with Crippen LogP contribution in [-0.4, -0.2) is 19.9 Å². The minimum atomic E-state index is -4.60. The number of halogens is 3. The fourth-order valence-corrected chi connectivity index (χ4v) is 3.21. The quantitative estimate of drug-likeness (QED) is 0.912. The molecule has 2 aromatic rings. The van der Waals surface area contributed by atoms with Gasteiger partial charge in [-0.05, 0) is 24.6 Å². The van der Waals surface area contributed by atoms with Crippen LogP contribution in [0.3, 0.4) is 0 Å². The maximum atomic E-state index is 12.8. The molecule has 2 rings (SSSR count). The third-order valence-corrected chi connectivity index (χ3v) is 4.29. The first-order chi connectivity index (χ1) is 9.25. The van der Waals surface area contributed by atoms with E-state index < -0.39 is 21.8 Å². The predicted octanol–water partition coefficient (Wildman–Crippen LogP) is 2.88. The summed E-state index contributed by atoms with van der Waals surface area (Å²) in [5, 5.41) is 0.238. The Balaban J connectivity index is 2.65. The van der Waals surface area contributed by atoms with Crippen LogP contribution in [0.1, 0.15) is 18.9 Å². The number of sulfonamides is 1. The summed E-state index contributed by atoms with van der Waals surface area (Å²) in [4.78, 5) is 2.24. The normalized spacial score (nSPS) is 13.0. The molecular formula is C12H13F3N2O2S. The Kier molecular flexibility index (Phi) is 3.79. The van der Waals surface area contributed by atoms with Crippen molar-refractivity contribution in [1.29, 1.82) is 0 Å². The Morgan fingerprint density at radius 3 is 2.60 bits per heavy atom. The third kappa shape index (κ3) is 2.80. The maximum Gasteiger partial charge on any atom is 0.416 e. The number of hydrogen-bond acceptors (Lipinski definition) is 2. The third-order valence-electron chi connectivity index (χ3n) is 2.79. The molecule has 0 aliphatic rings. The highest BCUT2D eigenvalue weighted by Gasteiger charge is 2.33. The highest BCUT2D eigenvalue weighted by atomic mass is 32.2. The van der Waals surface area contributed by atoms with Gasteiger partial charge < -0.3 is 4.98 Å². The lowest BCUT2D eigenvalue weighted by atomic mass is 10.1. The molecule has 1 heterocycles. The molecule has 2 N–H and O–H groups in total. The average Bonchev–Trinajstić information content (AvgIpc) is 2.82. The zero-order valence-electron chi connectivity index (χ0n) is 10.6. The molecule has 20 heavy (non-hydrogen) atoms. The number of aromatic amines is 1. The van der Waals surface area contributed by atoms with Gasteiger partial charge in [-0.25, -0.2) is 13.1 Å². The molecule has 0 radical (unpaired) electrons. The van der Waals surface area contributed by atoms with E-state index in [-0.39, 0.29) is 22.3 Å². The van der Waals surface area contributed by atoms with E-state index in [1.165, 1.54) is 12.3 Å². The number of H-pyrrole nitrogens is 1. The van der Waals surface area contributed by atoms with Crippen molar-refractivity contribution >= 4 is 20.9 Å². The molecule has 0 saturated carbocycles. The fraction of sp³-hybridized carbons (Fsp3) is 0.333. The van der Waals surface area contributed by atoms with Crippen LogP contribution in [0.15, 0.2) is 29.3 Å². The topological polar surface area (TPSA) is 62.0 Å². The van der Waals surface area contributed by atoms with Crippen LogP contribution in [0.5, 0.6) is 0 Å². The van der Waals surface area contributed by atoms with Gasteiger partial charge in [0, 0.05) is 23.6 Å². The molecule has 0 fully saturated rings. The molecule has 0 spiro atoms. The van der Waals surface area contributed by atoms with E-state index >= 15 is 0 Å². The van der Waals surface area contributed by atoms with E-state index in [0.29, 0.717) is 12.5 Å². The second-order valence-electron chi connectivity index (χ2n) is 4.31. The zero-order chi connectivity index (χ0) is 15.0. The molecule has 0 unspecified atom stereocenters. The second kappa shape index (κ2) is 5.10. The van der Waals surface area contributed by atoms with E-state index in [2.05, 4.69) is 9.71 Å². The molecule has 0 aliphatic heterocycles. The summed E-state index contributed by atoms with van der Waals surface area (Å²) in [6.45, 7) is 1.94. The standard InChI is InChI=1S/C12H13F3N2O2S/c1-2-4-17-20(18,19)11-7-8(12(13,14)15)6-10-9(11)3-5-16-10/h3,5-7,16-17H,2,4H2,1H3. The zero-order valence-corrected chi connectivity index (χ0v) is 11.4. The average molecular weight is 306 g/mol. The predicted molar refractivity (Wildman–Crippen MR) is 68.8 cm³/mol. The molecule has 8 heteroatoms. The molecule has 0 aliphatic carbocycles. The van der Waals surface area contributed by atoms with E-state index in [0.717, 1.165) is 6.07 Å². The van der Waals surface area contributed by atoms with Crippen LogP contribution in [0.4, 0.5) is 13.2 Å². The lowest BCUT2D eigenvalue weighted by Gasteiger charge is -2.11. The van der Waals surface area contributed by atoms with Gasteiger partial charge in [-0.2, -0.15) is 13.2 Å². The van der Waals surface area contributed by atoms with Gasteiger partial charge in [0.05, 0.1) is 10.5 Å². The van der Waals surface area contributed by atoms with Gasteiger partial charge in [0.1, 0.15) is 0 Å². The Bertz CT molecular complexity index is 720. The van der Waals surface area contributed by atoms with Crippen molar-refractivity contribution in [3.8, 4) is 0 Å². The monoisotopic (exact) mass is 306 g/mol. The molecule has 110 valence electrons. The van der Waals surface area contributed by atoms with Crippen LogP contribution >= 0.6 is 0 Å². The van der Waals surface area contributed by atoms with Crippen LogP contribution in [0.25, 0.3) is 10.9 Å². The Hall–Kier alpha value is -1.54. The Labute approximate surface area is 114 Å². The second-order valence-corrected chi connectivity index (χ2v) is 6.04. The summed E-state index contributed by atoms with van der Waals surface area (Å²) in [5.74, 6) is 0. The van der Waals surface area contributed by atoms with Gasteiger partial charge in [-0.3, -0.25) is 0 Å². The highest BCUT2D eigenvalue weighted by Crippen LogP contribution is 2.34. The molecule has 0 saturated heterocycles. The van der Waals surface area contributed by atoms with E-state index in [1.54, 1.807) is 6.92 Å². The number of fused-ring (bicyclic) bond motifs is 1. The van der Waals surface area contributed by atoms with Crippen molar-refractivity contribution in [2.24, 2.45) is 0 Å². The summed E-state index contributed by atoms with van der Waals surface area (Å²) in [7, 11) is -3.97. The number of hydrogen-bond donors (Lipinski definition) is 2. The van der Waals surface area contributed by atoms with E-state index in [9.17, 15) is 21.6 Å². The number of benzene rings is 1. The number of nitrogens with one attached hydrogen (secondary N) is 2. The van der Waals surface area contributed by atoms with Gasteiger partial charge in [0.15, 0.2) is 0 Å². The number of aromatic nitrogens is 1. The molecule has 0 atom stereocenters. The number of alkyl halides is 3. The molecular weight excluding hydrogens is 293 g/mol. The van der Waals surface area contributed by atoms with E-state index in [4.69, 9.17) is 0 Å². The van der Waals surface area contributed by atoms with Crippen molar-refractivity contribution in [1.82, 2.24) is 9.71 Å². The highest BCUT2D eigenvalue weighted by molar-refractivity contribution is 7.89. The van der Waals surface area contributed by atoms with Gasteiger partial charge in [-0.1, -0.05) is 6.92 Å². The Morgan fingerprint density at radius 1 is 1.30 bits per heavy atom. The van der Waals surface area contributed by atoms with Gasteiger partial charge in [0.2, 0.25) is 10.0 Å². The maximum absolute atomic E-state index is 12.8.